The van der Waals surface area contributed by atoms with E-state index in [1.807, 2.05) is 37.8 Å². The Morgan fingerprint density at radius 2 is 1.76 bits per heavy atom. The Labute approximate surface area is 249 Å². The van der Waals surface area contributed by atoms with Crippen molar-refractivity contribution in [3.05, 3.63) is 88.5 Å². The van der Waals surface area contributed by atoms with E-state index < -0.39 is 27.7 Å². The number of carbonyl (C=O) groups excluding carboxylic acids is 1. The molecule has 0 radical (unpaired) electrons. The van der Waals surface area contributed by atoms with Crippen molar-refractivity contribution in [2.75, 3.05) is 23.7 Å². The number of nitrogens with one attached hydrogen (secondary N) is 3. The number of hydrogen-bond donors (Lipinski definition) is 4. The number of aliphatic hydroxyl groups is 1. The van der Waals surface area contributed by atoms with Gasteiger partial charge in [0.05, 0.1) is 22.6 Å². The molecule has 42 heavy (non-hydrogen) atoms. The van der Waals surface area contributed by atoms with Crippen molar-refractivity contribution in [3.8, 4) is 0 Å². The average molecular weight is 591 g/mol. The van der Waals surface area contributed by atoms with Gasteiger partial charge in [-0.3, -0.25) is 4.79 Å². The number of rotatable bonds is 8. The van der Waals surface area contributed by atoms with Crippen LogP contribution in [0.25, 0.3) is 0 Å². The molecular weight excluding hydrogens is 548 g/mol. The molecule has 2 heterocycles. The van der Waals surface area contributed by atoms with Gasteiger partial charge in [0, 0.05) is 36.1 Å². The third-order valence-corrected chi connectivity index (χ3v) is 10.2. The largest absolute Gasteiger partial charge is 0.389 e. The number of fused-ring (bicyclic) bond motifs is 1. The lowest BCUT2D eigenvalue weighted by Gasteiger charge is -2.43. The first-order chi connectivity index (χ1) is 19.9. The van der Waals surface area contributed by atoms with E-state index in [2.05, 4.69) is 41.3 Å². The number of sulfonamides is 1. The highest BCUT2D eigenvalue weighted by molar-refractivity contribution is 7.89. The Balaban J connectivity index is 1.41. The van der Waals surface area contributed by atoms with Crippen LogP contribution in [-0.2, 0) is 16.4 Å². The number of anilines is 2. The highest BCUT2D eigenvalue weighted by Crippen LogP contribution is 2.39. The van der Waals surface area contributed by atoms with E-state index in [9.17, 15) is 18.3 Å². The normalized spacial score (nSPS) is 21.5. The summed E-state index contributed by atoms with van der Waals surface area (Å²) in [6.45, 7) is 11.1. The lowest BCUT2D eigenvalue weighted by atomic mass is 9.82. The van der Waals surface area contributed by atoms with E-state index in [1.54, 1.807) is 36.4 Å². The van der Waals surface area contributed by atoms with Gasteiger partial charge in [-0.1, -0.05) is 37.3 Å². The quantitative estimate of drug-likeness (QED) is 0.288. The maximum atomic E-state index is 13.8. The summed E-state index contributed by atoms with van der Waals surface area (Å²) in [6, 6.07) is 17.4. The Morgan fingerprint density at radius 1 is 1.07 bits per heavy atom. The van der Waals surface area contributed by atoms with Gasteiger partial charge in [0.1, 0.15) is 0 Å². The van der Waals surface area contributed by atoms with Crippen molar-refractivity contribution in [2.24, 2.45) is 0 Å². The summed E-state index contributed by atoms with van der Waals surface area (Å²) in [7, 11) is -3.95. The first-order valence-corrected chi connectivity index (χ1v) is 16.2. The third-order valence-electron chi connectivity index (χ3n) is 8.70. The maximum absolute atomic E-state index is 13.8. The molecule has 4 N–H and O–H groups in total. The fraction of sp³-hybridized carbons (Fsp3) is 0.424. The molecule has 3 atom stereocenters. The molecule has 1 amide bonds. The molecule has 0 spiro atoms. The lowest BCUT2D eigenvalue weighted by molar-refractivity contribution is 0.0735. The second kappa shape index (κ2) is 11.7. The molecule has 3 aromatic carbocycles. The Bertz CT molecular complexity index is 1550. The highest BCUT2D eigenvalue weighted by Gasteiger charge is 2.43. The van der Waals surface area contributed by atoms with Crippen LogP contribution in [0.2, 0.25) is 0 Å². The number of para-hydroxylation sites is 1. The van der Waals surface area contributed by atoms with Crippen LogP contribution in [0.15, 0.2) is 65.6 Å². The molecule has 8 nitrogen and oxygen atoms in total. The van der Waals surface area contributed by atoms with Crippen molar-refractivity contribution in [3.63, 3.8) is 0 Å². The van der Waals surface area contributed by atoms with Crippen molar-refractivity contribution >= 4 is 27.3 Å². The summed E-state index contributed by atoms with van der Waals surface area (Å²) in [6.07, 6.45) is 1.55. The van der Waals surface area contributed by atoms with E-state index >= 15 is 0 Å². The number of likely N-dealkylation sites (tertiary alicyclic amines) is 1. The summed E-state index contributed by atoms with van der Waals surface area (Å²) in [4.78, 5) is 15.9. The number of aryl methyl sites for hydroxylation is 3. The van der Waals surface area contributed by atoms with Gasteiger partial charge in [0.25, 0.3) is 5.91 Å². The lowest BCUT2D eigenvalue weighted by Crippen LogP contribution is -2.54. The van der Waals surface area contributed by atoms with Crippen LogP contribution in [0, 0.1) is 13.8 Å². The zero-order valence-electron chi connectivity index (χ0n) is 25.1. The molecule has 0 unspecified atom stereocenters. The van der Waals surface area contributed by atoms with Crippen LogP contribution in [0.4, 0.5) is 11.4 Å². The molecule has 1 saturated heterocycles. The van der Waals surface area contributed by atoms with Gasteiger partial charge >= 0.3 is 0 Å². The number of amides is 1. The zero-order chi connectivity index (χ0) is 30.2. The van der Waals surface area contributed by atoms with E-state index in [1.165, 1.54) is 11.1 Å². The number of benzene rings is 3. The molecule has 0 bridgehead atoms. The first kappa shape index (κ1) is 30.1. The van der Waals surface area contributed by atoms with E-state index in [-0.39, 0.29) is 16.8 Å². The van der Waals surface area contributed by atoms with Crippen LogP contribution in [0.1, 0.15) is 72.3 Å². The van der Waals surface area contributed by atoms with Crippen molar-refractivity contribution < 1.29 is 18.3 Å². The molecule has 2 aliphatic rings. The van der Waals surface area contributed by atoms with Crippen LogP contribution < -0.4 is 15.4 Å². The molecule has 0 saturated carbocycles. The molecule has 0 aromatic heterocycles. The molecule has 0 aliphatic carbocycles. The summed E-state index contributed by atoms with van der Waals surface area (Å²) >= 11 is 0. The molecule has 224 valence electrons. The van der Waals surface area contributed by atoms with Crippen molar-refractivity contribution in [1.29, 1.82) is 0 Å². The number of carbonyl (C=O) groups is 1. The summed E-state index contributed by atoms with van der Waals surface area (Å²) in [5.41, 5.74) is 5.38. The minimum absolute atomic E-state index is 0.0376. The molecule has 1 fully saturated rings. The SMILES string of the molecule is CCc1ccc(S(=O)(=O)N[C@@H]2c3cc(C(=O)N4CCC[C@H]4CNc4c(C)cccc4C)ccc3NC(C)(C)[C@H]2O)cc1. The van der Waals surface area contributed by atoms with Gasteiger partial charge in [-0.05, 0) is 99.5 Å². The van der Waals surface area contributed by atoms with Gasteiger partial charge in [0.2, 0.25) is 10.0 Å². The fourth-order valence-electron chi connectivity index (χ4n) is 6.14. The monoisotopic (exact) mass is 590 g/mol. The summed E-state index contributed by atoms with van der Waals surface area (Å²) < 4.78 is 29.7. The minimum atomic E-state index is -3.95. The van der Waals surface area contributed by atoms with Crippen LogP contribution in [0.5, 0.6) is 0 Å². The predicted octanol–water partition coefficient (Wildman–Crippen LogP) is 5.17. The Morgan fingerprint density at radius 3 is 2.43 bits per heavy atom. The molecule has 2 aliphatic heterocycles. The molecular formula is C33H42N4O4S. The summed E-state index contributed by atoms with van der Waals surface area (Å²) in [5, 5.41) is 18.2. The Hall–Kier alpha value is -3.40. The minimum Gasteiger partial charge on any atom is -0.389 e. The van der Waals surface area contributed by atoms with E-state index in [0.29, 0.717) is 29.9 Å². The second-order valence-corrected chi connectivity index (χ2v) is 13.8. The number of hydrogen-bond acceptors (Lipinski definition) is 6. The third kappa shape index (κ3) is 5.91. The first-order valence-electron chi connectivity index (χ1n) is 14.7. The topological polar surface area (TPSA) is 111 Å². The Kier molecular flexibility index (Phi) is 8.38. The van der Waals surface area contributed by atoms with Gasteiger partial charge in [-0.15, -0.1) is 0 Å². The molecule has 3 aromatic rings. The highest BCUT2D eigenvalue weighted by atomic mass is 32.2. The number of nitrogens with zero attached hydrogens (tertiary/aromatic N) is 1. The fourth-order valence-corrected chi connectivity index (χ4v) is 7.36. The maximum Gasteiger partial charge on any atom is 0.254 e. The van der Waals surface area contributed by atoms with Crippen LogP contribution in [0.3, 0.4) is 0 Å². The van der Waals surface area contributed by atoms with Gasteiger partial charge in [-0.2, -0.15) is 0 Å². The van der Waals surface area contributed by atoms with Gasteiger partial charge in [0.15, 0.2) is 0 Å². The molecule has 9 heteroatoms. The predicted molar refractivity (Wildman–Crippen MR) is 167 cm³/mol. The van der Waals surface area contributed by atoms with Crippen LogP contribution >= 0.6 is 0 Å². The standard InChI is InChI=1S/C33H42N4O4S/c1-6-23-12-15-26(16-13-23)42(40,41)36-30-27-19-24(14-17-28(27)35-33(4,5)31(30)38)32(39)37-18-8-11-25(37)20-34-29-21(2)9-7-10-22(29)3/h7,9-10,12-17,19,25,30-31,34-36,38H,6,8,11,18,20H2,1-5H3/t25-,30+,31-/m0/s1. The van der Waals surface area contributed by atoms with Crippen molar-refractivity contribution in [2.45, 2.75) is 82.5 Å². The summed E-state index contributed by atoms with van der Waals surface area (Å²) in [5.74, 6) is -0.0975. The van der Waals surface area contributed by atoms with Crippen molar-refractivity contribution in [1.82, 2.24) is 9.62 Å². The number of aliphatic hydroxyl groups excluding tert-OH is 1. The van der Waals surface area contributed by atoms with E-state index in [0.717, 1.165) is 30.5 Å². The van der Waals surface area contributed by atoms with Gasteiger partial charge < -0.3 is 20.6 Å². The van der Waals surface area contributed by atoms with Crippen LogP contribution in [-0.4, -0.2) is 55.1 Å². The molecule has 5 rings (SSSR count). The smallest absolute Gasteiger partial charge is 0.254 e. The zero-order valence-corrected chi connectivity index (χ0v) is 25.9. The van der Waals surface area contributed by atoms with Gasteiger partial charge in [-0.25, -0.2) is 13.1 Å². The average Bonchev–Trinajstić information content (AvgIpc) is 3.43. The second-order valence-electron chi connectivity index (χ2n) is 12.1. The van der Waals surface area contributed by atoms with E-state index in [4.69, 9.17) is 0 Å².